The van der Waals surface area contributed by atoms with E-state index in [0.29, 0.717) is 18.0 Å². The summed E-state index contributed by atoms with van der Waals surface area (Å²) in [5.41, 5.74) is 1.69. The first-order valence-electron chi connectivity index (χ1n) is 7.39. The number of primary sulfonamides is 1. The van der Waals surface area contributed by atoms with E-state index in [4.69, 9.17) is 9.66 Å². The number of anilines is 2. The Hall–Kier alpha value is -2.39. The van der Waals surface area contributed by atoms with E-state index in [1.54, 1.807) is 25.1 Å². The highest BCUT2D eigenvalue weighted by atomic mass is 32.2. The van der Waals surface area contributed by atoms with Crippen LogP contribution in [0, 0.1) is 6.92 Å². The van der Waals surface area contributed by atoms with Crippen molar-refractivity contribution in [3.8, 4) is 0 Å². The highest BCUT2D eigenvalue weighted by molar-refractivity contribution is 7.89. The Balaban J connectivity index is 1.77. The van der Waals surface area contributed by atoms with Crippen molar-refractivity contribution in [1.82, 2.24) is 5.16 Å². The van der Waals surface area contributed by atoms with Gasteiger partial charge in [-0.05, 0) is 44.0 Å². The molecule has 1 atom stereocenters. The summed E-state index contributed by atoms with van der Waals surface area (Å²) in [6.07, 6.45) is 0.648. The highest BCUT2D eigenvalue weighted by Crippen LogP contribution is 2.33. The summed E-state index contributed by atoms with van der Waals surface area (Å²) < 4.78 is 27.8. The summed E-state index contributed by atoms with van der Waals surface area (Å²) in [5.74, 6) is 0.758. The van der Waals surface area contributed by atoms with Gasteiger partial charge < -0.3 is 14.7 Å². The zero-order chi connectivity index (χ0) is 17.5. The van der Waals surface area contributed by atoms with Crippen molar-refractivity contribution in [3.05, 3.63) is 35.6 Å². The van der Waals surface area contributed by atoms with Crippen molar-refractivity contribution in [2.24, 2.45) is 5.14 Å². The molecule has 0 saturated carbocycles. The summed E-state index contributed by atoms with van der Waals surface area (Å²) in [6.45, 7) is 3.85. The third-order valence-electron chi connectivity index (χ3n) is 3.95. The predicted molar refractivity (Wildman–Crippen MR) is 88.2 cm³/mol. The molecule has 8 nitrogen and oxygen atoms in total. The second kappa shape index (κ2) is 5.91. The van der Waals surface area contributed by atoms with Crippen molar-refractivity contribution >= 4 is 27.4 Å². The van der Waals surface area contributed by atoms with Crippen LogP contribution in [0.5, 0.6) is 0 Å². The number of hydrogen-bond donors (Lipinski definition) is 2. The lowest BCUT2D eigenvalue weighted by molar-refractivity contribution is -0.115. The van der Waals surface area contributed by atoms with E-state index in [1.165, 1.54) is 6.07 Å². The van der Waals surface area contributed by atoms with E-state index >= 15 is 0 Å². The van der Waals surface area contributed by atoms with E-state index in [1.807, 2.05) is 11.8 Å². The van der Waals surface area contributed by atoms with Gasteiger partial charge in [0.2, 0.25) is 15.9 Å². The molecule has 9 heteroatoms. The lowest BCUT2D eigenvalue weighted by atomic mass is 10.1. The molecule has 0 unspecified atom stereocenters. The van der Waals surface area contributed by atoms with Gasteiger partial charge in [-0.15, -0.1) is 0 Å². The van der Waals surface area contributed by atoms with Crippen LogP contribution in [-0.4, -0.2) is 32.1 Å². The van der Waals surface area contributed by atoms with Crippen molar-refractivity contribution in [2.75, 3.05) is 16.8 Å². The second-order valence-electron chi connectivity index (χ2n) is 5.89. The molecule has 0 radical (unpaired) electrons. The minimum absolute atomic E-state index is 0.0699. The van der Waals surface area contributed by atoms with Gasteiger partial charge in [0, 0.05) is 17.8 Å². The van der Waals surface area contributed by atoms with Crippen molar-refractivity contribution in [3.63, 3.8) is 0 Å². The van der Waals surface area contributed by atoms with Gasteiger partial charge in [-0.2, -0.15) is 0 Å². The summed E-state index contributed by atoms with van der Waals surface area (Å²) in [5, 5.41) is 11.6. The predicted octanol–water partition coefficient (Wildman–Crippen LogP) is 1.02. The third-order valence-corrected chi connectivity index (χ3v) is 4.86. The Morgan fingerprint density at radius 2 is 2.21 bits per heavy atom. The fourth-order valence-electron chi connectivity index (χ4n) is 2.85. The van der Waals surface area contributed by atoms with Crippen LogP contribution in [0.15, 0.2) is 33.7 Å². The topological polar surface area (TPSA) is 119 Å². The molecule has 1 aliphatic heterocycles. The average molecular weight is 350 g/mol. The SMILES string of the molecule is Cc1cc(NC(=O)CN2c3ccc(S(N)(=O)=O)cc3C[C@@H]2C)no1. The first-order chi connectivity index (χ1) is 11.2. The first-order valence-corrected chi connectivity index (χ1v) is 8.94. The molecule has 0 saturated heterocycles. The number of sulfonamides is 1. The van der Waals surface area contributed by atoms with Crippen LogP contribution in [0.4, 0.5) is 11.5 Å². The fraction of sp³-hybridized carbons (Fsp3) is 0.333. The molecular formula is C15H18N4O4S. The first kappa shape index (κ1) is 16.5. The van der Waals surface area contributed by atoms with Gasteiger partial charge in [-0.1, -0.05) is 5.16 Å². The molecular weight excluding hydrogens is 332 g/mol. The minimum Gasteiger partial charge on any atom is -0.360 e. The van der Waals surface area contributed by atoms with Crippen LogP contribution < -0.4 is 15.4 Å². The van der Waals surface area contributed by atoms with Crippen LogP contribution in [0.25, 0.3) is 0 Å². The summed E-state index contributed by atoms with van der Waals surface area (Å²) in [6, 6.07) is 6.42. The van der Waals surface area contributed by atoms with E-state index in [9.17, 15) is 13.2 Å². The van der Waals surface area contributed by atoms with Gasteiger partial charge in [0.15, 0.2) is 5.82 Å². The third kappa shape index (κ3) is 3.26. The van der Waals surface area contributed by atoms with Crippen molar-refractivity contribution in [2.45, 2.75) is 31.2 Å². The Morgan fingerprint density at radius 1 is 1.46 bits per heavy atom. The summed E-state index contributed by atoms with van der Waals surface area (Å²) in [7, 11) is -3.74. The Kier molecular flexibility index (Phi) is 4.06. The number of amides is 1. The molecule has 0 fully saturated rings. The molecule has 1 aromatic heterocycles. The van der Waals surface area contributed by atoms with Crippen molar-refractivity contribution < 1.29 is 17.7 Å². The lowest BCUT2D eigenvalue weighted by Crippen LogP contribution is -2.37. The Labute approximate surface area is 139 Å². The number of nitrogens with zero attached hydrogens (tertiary/aromatic N) is 2. The van der Waals surface area contributed by atoms with Crippen molar-refractivity contribution in [1.29, 1.82) is 0 Å². The number of aryl methyl sites for hydroxylation is 1. The average Bonchev–Trinajstić information content (AvgIpc) is 3.01. The maximum atomic E-state index is 12.2. The number of nitrogens with one attached hydrogen (secondary N) is 1. The zero-order valence-electron chi connectivity index (χ0n) is 13.3. The van der Waals surface area contributed by atoms with E-state index in [0.717, 1.165) is 11.3 Å². The number of carbonyl (C=O) groups is 1. The van der Waals surface area contributed by atoms with Crippen LogP contribution in [0.2, 0.25) is 0 Å². The van der Waals surface area contributed by atoms with Crippen LogP contribution in [0.1, 0.15) is 18.2 Å². The van der Waals surface area contributed by atoms with E-state index in [-0.39, 0.29) is 23.4 Å². The number of benzene rings is 1. The maximum absolute atomic E-state index is 12.2. The van der Waals surface area contributed by atoms with Crippen LogP contribution >= 0.6 is 0 Å². The number of nitrogens with two attached hydrogens (primary N) is 1. The molecule has 0 spiro atoms. The molecule has 1 aliphatic rings. The number of rotatable bonds is 4. The van der Waals surface area contributed by atoms with E-state index in [2.05, 4.69) is 10.5 Å². The van der Waals surface area contributed by atoms with E-state index < -0.39 is 10.0 Å². The van der Waals surface area contributed by atoms with Gasteiger partial charge >= 0.3 is 0 Å². The van der Waals surface area contributed by atoms with Gasteiger partial charge in [-0.25, -0.2) is 13.6 Å². The minimum atomic E-state index is -3.74. The van der Waals surface area contributed by atoms with Gasteiger partial charge in [0.25, 0.3) is 0 Å². The molecule has 0 bridgehead atoms. The number of carbonyl (C=O) groups excluding carboxylic acids is 1. The molecule has 3 N–H and O–H groups in total. The highest BCUT2D eigenvalue weighted by Gasteiger charge is 2.28. The van der Waals surface area contributed by atoms with Gasteiger partial charge in [0.1, 0.15) is 5.76 Å². The fourth-order valence-corrected chi connectivity index (χ4v) is 3.42. The monoisotopic (exact) mass is 350 g/mol. The molecule has 24 heavy (non-hydrogen) atoms. The van der Waals surface area contributed by atoms with Gasteiger partial charge in [-0.3, -0.25) is 4.79 Å². The van der Waals surface area contributed by atoms with Crippen LogP contribution in [-0.2, 0) is 21.2 Å². The van der Waals surface area contributed by atoms with Crippen LogP contribution in [0.3, 0.4) is 0 Å². The molecule has 3 rings (SSSR count). The number of hydrogen-bond acceptors (Lipinski definition) is 6. The summed E-state index contributed by atoms with van der Waals surface area (Å²) >= 11 is 0. The molecule has 128 valence electrons. The Morgan fingerprint density at radius 3 is 2.83 bits per heavy atom. The lowest BCUT2D eigenvalue weighted by Gasteiger charge is -2.23. The molecule has 1 amide bonds. The molecule has 1 aromatic carbocycles. The molecule has 2 aromatic rings. The molecule has 2 heterocycles. The zero-order valence-corrected chi connectivity index (χ0v) is 14.1. The smallest absolute Gasteiger partial charge is 0.245 e. The Bertz CT molecular complexity index is 891. The molecule has 0 aliphatic carbocycles. The number of fused-ring (bicyclic) bond motifs is 1. The largest absolute Gasteiger partial charge is 0.360 e. The second-order valence-corrected chi connectivity index (χ2v) is 7.45. The normalized spacial score (nSPS) is 17.0. The quantitative estimate of drug-likeness (QED) is 0.850. The van der Waals surface area contributed by atoms with Gasteiger partial charge in [0.05, 0.1) is 11.4 Å². The maximum Gasteiger partial charge on any atom is 0.245 e. The number of aromatic nitrogens is 1. The standard InChI is InChI=1S/C15H18N4O4S/c1-9-5-11-7-12(24(16,21)22)3-4-13(11)19(9)8-15(20)17-14-6-10(2)23-18-14/h3-4,6-7,9H,5,8H2,1-2H3,(H2,16,21,22)(H,17,18,20)/t9-/m0/s1. The summed E-state index contributed by atoms with van der Waals surface area (Å²) in [4.78, 5) is 14.2.